The lowest BCUT2D eigenvalue weighted by Crippen LogP contribution is -1.94. The highest BCUT2D eigenvalue weighted by atomic mass is 79.9. The number of aromatic nitrogens is 5. The first-order chi connectivity index (χ1) is 9.65. The first-order valence-corrected chi connectivity index (χ1v) is 6.88. The molecular formula is C10H5BrN6O2S. The fourth-order valence-electron chi connectivity index (χ4n) is 1.54. The molecule has 3 aromatic heterocycles. The van der Waals surface area contributed by atoms with Gasteiger partial charge in [-0.25, -0.2) is 19.9 Å². The minimum atomic E-state index is -0.481. The third-order valence-corrected chi connectivity index (χ3v) is 3.82. The zero-order chi connectivity index (χ0) is 14.1. The average molecular weight is 353 g/mol. The Hall–Kier alpha value is -2.07. The Morgan fingerprint density at radius 3 is 2.90 bits per heavy atom. The van der Waals surface area contributed by atoms with Gasteiger partial charge in [0.2, 0.25) is 0 Å². The van der Waals surface area contributed by atoms with Gasteiger partial charge in [0.1, 0.15) is 16.9 Å². The minimum absolute atomic E-state index is 0.0874. The Bertz CT molecular complexity index is 807. The quantitative estimate of drug-likeness (QED) is 0.438. The fraction of sp³-hybridized carbons (Fsp3) is 0. The molecule has 0 aliphatic carbocycles. The van der Waals surface area contributed by atoms with Crippen LogP contribution in [0.4, 0.5) is 5.69 Å². The Morgan fingerprint density at radius 1 is 1.25 bits per heavy atom. The Balaban J connectivity index is 2.07. The minimum Gasteiger partial charge on any atom is -0.341 e. The fourth-order valence-corrected chi connectivity index (χ4v) is 2.74. The van der Waals surface area contributed by atoms with E-state index in [-0.39, 0.29) is 10.7 Å². The molecule has 1 N–H and O–H groups in total. The van der Waals surface area contributed by atoms with E-state index in [2.05, 4.69) is 40.8 Å². The van der Waals surface area contributed by atoms with Crippen molar-refractivity contribution in [2.45, 2.75) is 10.1 Å². The summed E-state index contributed by atoms with van der Waals surface area (Å²) in [6.07, 6.45) is 4.35. The summed E-state index contributed by atoms with van der Waals surface area (Å²) in [5.41, 5.74) is 1.04. The van der Waals surface area contributed by atoms with Gasteiger partial charge in [0.25, 0.3) is 0 Å². The van der Waals surface area contributed by atoms with Crippen molar-refractivity contribution < 1.29 is 4.92 Å². The molecule has 0 saturated carbocycles. The number of imidazole rings is 1. The van der Waals surface area contributed by atoms with Gasteiger partial charge in [-0.05, 0) is 27.7 Å². The standard InChI is InChI=1S/C10H5BrN6O2S/c11-5-1-6(17(18)19)9(12-2-5)20-10-7-8(14-3-13-7)15-4-16-10/h1-4H,(H,13,14,15,16). The highest BCUT2D eigenvalue weighted by molar-refractivity contribution is 9.10. The molecule has 0 fully saturated rings. The van der Waals surface area contributed by atoms with Crippen LogP contribution < -0.4 is 0 Å². The van der Waals surface area contributed by atoms with Crippen LogP contribution in [0.3, 0.4) is 0 Å². The van der Waals surface area contributed by atoms with Crippen molar-refractivity contribution in [3.63, 3.8) is 0 Å². The number of H-pyrrole nitrogens is 1. The molecule has 0 aromatic carbocycles. The molecular weight excluding hydrogens is 348 g/mol. The molecule has 20 heavy (non-hydrogen) atoms. The van der Waals surface area contributed by atoms with Gasteiger partial charge < -0.3 is 4.98 Å². The van der Waals surface area contributed by atoms with E-state index in [0.717, 1.165) is 11.8 Å². The molecule has 3 aromatic rings. The lowest BCUT2D eigenvalue weighted by atomic mass is 10.4. The summed E-state index contributed by atoms with van der Waals surface area (Å²) in [6.45, 7) is 0. The zero-order valence-electron chi connectivity index (χ0n) is 9.65. The van der Waals surface area contributed by atoms with Crippen molar-refractivity contribution in [2.75, 3.05) is 0 Å². The number of pyridine rings is 1. The smallest absolute Gasteiger partial charge is 0.302 e. The van der Waals surface area contributed by atoms with E-state index < -0.39 is 4.92 Å². The molecule has 10 heteroatoms. The molecule has 3 heterocycles. The highest BCUT2D eigenvalue weighted by Gasteiger charge is 2.19. The monoisotopic (exact) mass is 352 g/mol. The van der Waals surface area contributed by atoms with Crippen LogP contribution in [0.5, 0.6) is 0 Å². The Morgan fingerprint density at radius 2 is 2.10 bits per heavy atom. The second kappa shape index (κ2) is 5.13. The Kier molecular flexibility index (Phi) is 3.32. The number of rotatable bonds is 3. The van der Waals surface area contributed by atoms with E-state index >= 15 is 0 Å². The van der Waals surface area contributed by atoms with Gasteiger partial charge in [-0.3, -0.25) is 10.1 Å². The van der Waals surface area contributed by atoms with E-state index in [9.17, 15) is 10.1 Å². The molecule has 0 amide bonds. The second-order valence-electron chi connectivity index (χ2n) is 3.62. The summed E-state index contributed by atoms with van der Waals surface area (Å²) in [5, 5.41) is 11.8. The average Bonchev–Trinajstić information content (AvgIpc) is 2.90. The third-order valence-electron chi connectivity index (χ3n) is 2.38. The number of nitrogens with one attached hydrogen (secondary N) is 1. The van der Waals surface area contributed by atoms with Gasteiger partial charge in [-0.15, -0.1) is 0 Å². The Labute approximate surface area is 124 Å². The molecule has 0 atom stereocenters. The van der Waals surface area contributed by atoms with Gasteiger partial charge in [0, 0.05) is 16.7 Å². The number of fused-ring (bicyclic) bond motifs is 1. The first-order valence-electron chi connectivity index (χ1n) is 5.27. The lowest BCUT2D eigenvalue weighted by Gasteiger charge is -2.02. The summed E-state index contributed by atoms with van der Waals surface area (Å²) < 4.78 is 0.544. The van der Waals surface area contributed by atoms with Crippen LogP contribution >= 0.6 is 27.7 Å². The van der Waals surface area contributed by atoms with Gasteiger partial charge in [-0.2, -0.15) is 0 Å². The van der Waals surface area contributed by atoms with Gasteiger partial charge in [-0.1, -0.05) is 0 Å². The highest BCUT2D eigenvalue weighted by Crippen LogP contribution is 2.35. The normalized spacial score (nSPS) is 10.8. The molecule has 0 saturated heterocycles. The van der Waals surface area contributed by atoms with Crippen molar-refractivity contribution in [1.29, 1.82) is 0 Å². The van der Waals surface area contributed by atoms with Crippen molar-refractivity contribution in [1.82, 2.24) is 24.9 Å². The summed E-state index contributed by atoms with van der Waals surface area (Å²) in [4.78, 5) is 29.6. The number of halogens is 1. The van der Waals surface area contributed by atoms with Crippen LogP contribution in [0.15, 0.2) is 39.4 Å². The van der Waals surface area contributed by atoms with Crippen LogP contribution in [-0.4, -0.2) is 29.8 Å². The van der Waals surface area contributed by atoms with Crippen LogP contribution in [0.2, 0.25) is 0 Å². The largest absolute Gasteiger partial charge is 0.341 e. The second-order valence-corrected chi connectivity index (χ2v) is 5.51. The van der Waals surface area contributed by atoms with Crippen LogP contribution in [0, 0.1) is 10.1 Å². The van der Waals surface area contributed by atoms with E-state index in [1.807, 2.05) is 0 Å². The van der Waals surface area contributed by atoms with E-state index in [1.165, 1.54) is 24.9 Å². The van der Waals surface area contributed by atoms with Gasteiger partial charge in [0.05, 0.1) is 11.3 Å². The molecule has 0 aliphatic heterocycles. The molecule has 3 rings (SSSR count). The number of aromatic amines is 1. The molecule has 0 spiro atoms. The van der Waals surface area contributed by atoms with E-state index in [1.54, 1.807) is 0 Å². The van der Waals surface area contributed by atoms with Crippen LogP contribution in [0.1, 0.15) is 0 Å². The summed E-state index contributed by atoms with van der Waals surface area (Å²) in [6, 6.07) is 1.40. The lowest BCUT2D eigenvalue weighted by molar-refractivity contribution is -0.388. The van der Waals surface area contributed by atoms with Crippen molar-refractivity contribution in [2.24, 2.45) is 0 Å². The van der Waals surface area contributed by atoms with Crippen molar-refractivity contribution >= 4 is 44.5 Å². The molecule has 100 valence electrons. The third kappa shape index (κ3) is 2.34. The number of hydrogen-bond acceptors (Lipinski definition) is 7. The number of nitrogens with zero attached hydrogens (tertiary/aromatic N) is 5. The topological polar surface area (TPSA) is 110 Å². The predicted octanol–water partition coefficient (Wildman–Crippen LogP) is 2.57. The summed E-state index contributed by atoms with van der Waals surface area (Å²) in [7, 11) is 0. The van der Waals surface area contributed by atoms with Crippen molar-refractivity contribution in [3.8, 4) is 0 Å². The van der Waals surface area contributed by atoms with E-state index in [0.29, 0.717) is 20.7 Å². The van der Waals surface area contributed by atoms with Gasteiger partial charge in [0.15, 0.2) is 10.7 Å². The molecule has 0 radical (unpaired) electrons. The molecule has 0 unspecified atom stereocenters. The van der Waals surface area contributed by atoms with Crippen LogP contribution in [0.25, 0.3) is 11.2 Å². The maximum absolute atomic E-state index is 11.1. The molecule has 0 bridgehead atoms. The molecule has 0 aliphatic rings. The predicted molar refractivity (Wildman–Crippen MR) is 74.4 cm³/mol. The first kappa shape index (κ1) is 12.9. The number of hydrogen-bond donors (Lipinski definition) is 1. The van der Waals surface area contributed by atoms with Gasteiger partial charge >= 0.3 is 5.69 Å². The molecule has 8 nitrogen and oxygen atoms in total. The van der Waals surface area contributed by atoms with Crippen LogP contribution in [-0.2, 0) is 0 Å². The maximum Gasteiger partial charge on any atom is 0.302 e. The maximum atomic E-state index is 11.1. The zero-order valence-corrected chi connectivity index (χ0v) is 12.1. The SMILES string of the molecule is O=[N+]([O-])c1cc(Br)cnc1Sc1ncnc2nc[nH]c12. The number of nitro groups is 1. The van der Waals surface area contributed by atoms with Crippen molar-refractivity contribution in [3.05, 3.63) is 39.5 Å². The summed E-state index contributed by atoms with van der Waals surface area (Å²) in [5.74, 6) is 0. The summed E-state index contributed by atoms with van der Waals surface area (Å²) >= 11 is 4.26. The van der Waals surface area contributed by atoms with E-state index in [4.69, 9.17) is 0 Å².